The van der Waals surface area contributed by atoms with Crippen molar-refractivity contribution in [2.75, 3.05) is 0 Å². The summed E-state index contributed by atoms with van der Waals surface area (Å²) in [4.78, 5) is 3.97. The molecule has 0 atom stereocenters. The van der Waals surface area contributed by atoms with Gasteiger partial charge in [0.25, 0.3) is 0 Å². The van der Waals surface area contributed by atoms with Crippen molar-refractivity contribution >= 4 is 5.70 Å². The van der Waals surface area contributed by atoms with E-state index in [2.05, 4.69) is 11.6 Å². The molecule has 0 saturated carbocycles. The third-order valence-electron chi connectivity index (χ3n) is 1.92. The summed E-state index contributed by atoms with van der Waals surface area (Å²) in [6, 6.07) is 10.0. The number of hydrogen-bond acceptors (Lipinski definition) is 1. The second kappa shape index (κ2) is 3.27. The summed E-state index contributed by atoms with van der Waals surface area (Å²) >= 11 is 0. The molecule has 2 aromatic rings. The first kappa shape index (κ1) is 7.80. The van der Waals surface area contributed by atoms with Gasteiger partial charge in [-0.05, 0) is 5.56 Å². The Morgan fingerprint density at radius 2 is 2.00 bits per heavy atom. The van der Waals surface area contributed by atoms with Gasteiger partial charge in [-0.3, -0.25) is 0 Å². The monoisotopic (exact) mass is 170 g/mol. The smallest absolute Gasteiger partial charge is 0.0991 e. The minimum atomic E-state index is 0.943. The van der Waals surface area contributed by atoms with Gasteiger partial charge in [-0.1, -0.05) is 36.9 Å². The molecule has 13 heavy (non-hydrogen) atoms. The fourth-order valence-corrected chi connectivity index (χ4v) is 1.20. The predicted octanol–water partition coefficient (Wildman–Crippen LogP) is 2.40. The summed E-state index contributed by atoms with van der Waals surface area (Å²) in [5.74, 6) is 0. The van der Waals surface area contributed by atoms with Crippen molar-refractivity contribution in [2.45, 2.75) is 0 Å². The number of benzene rings is 1. The highest BCUT2D eigenvalue weighted by Gasteiger charge is 1.98. The largest absolute Gasteiger partial charge is 0.306 e. The summed E-state index contributed by atoms with van der Waals surface area (Å²) < 4.78 is 1.90. The van der Waals surface area contributed by atoms with Crippen molar-refractivity contribution in [3.63, 3.8) is 0 Å². The standard InChI is InChI=1S/C11H10N2/c1-10(13-8-7-12-9-13)11-5-3-2-4-6-11/h2-9H,1H2. The summed E-state index contributed by atoms with van der Waals surface area (Å²) in [6.45, 7) is 3.99. The molecule has 64 valence electrons. The topological polar surface area (TPSA) is 17.8 Å². The molecule has 2 rings (SSSR count). The van der Waals surface area contributed by atoms with Gasteiger partial charge in [0.15, 0.2) is 0 Å². The number of imidazole rings is 1. The average Bonchev–Trinajstić information content (AvgIpc) is 2.71. The molecular formula is C11H10N2. The zero-order valence-corrected chi connectivity index (χ0v) is 7.22. The second-order valence-corrected chi connectivity index (χ2v) is 2.78. The lowest BCUT2D eigenvalue weighted by atomic mass is 10.2. The lowest BCUT2D eigenvalue weighted by molar-refractivity contribution is 1.09. The highest BCUT2D eigenvalue weighted by Crippen LogP contribution is 2.12. The number of rotatable bonds is 2. The maximum absolute atomic E-state index is 3.99. The quantitative estimate of drug-likeness (QED) is 0.676. The van der Waals surface area contributed by atoms with Gasteiger partial charge in [-0.25, -0.2) is 4.98 Å². The van der Waals surface area contributed by atoms with Crippen molar-refractivity contribution < 1.29 is 0 Å². The van der Waals surface area contributed by atoms with E-state index >= 15 is 0 Å². The summed E-state index contributed by atoms with van der Waals surface area (Å²) in [6.07, 6.45) is 5.37. The van der Waals surface area contributed by atoms with E-state index in [9.17, 15) is 0 Å². The van der Waals surface area contributed by atoms with Crippen LogP contribution in [0.2, 0.25) is 0 Å². The Morgan fingerprint density at radius 1 is 1.23 bits per heavy atom. The van der Waals surface area contributed by atoms with Crippen LogP contribution in [-0.4, -0.2) is 9.55 Å². The molecule has 0 unspecified atom stereocenters. The lowest BCUT2D eigenvalue weighted by Gasteiger charge is -2.05. The molecule has 0 saturated heterocycles. The van der Waals surface area contributed by atoms with E-state index in [1.807, 2.05) is 41.1 Å². The molecule has 2 heteroatoms. The van der Waals surface area contributed by atoms with Crippen LogP contribution >= 0.6 is 0 Å². The highest BCUT2D eigenvalue weighted by molar-refractivity contribution is 5.63. The predicted molar refractivity (Wildman–Crippen MR) is 53.1 cm³/mol. The van der Waals surface area contributed by atoms with Crippen LogP contribution in [0, 0.1) is 0 Å². The minimum absolute atomic E-state index is 0.943. The van der Waals surface area contributed by atoms with Gasteiger partial charge in [0.05, 0.1) is 6.33 Å². The van der Waals surface area contributed by atoms with E-state index in [-0.39, 0.29) is 0 Å². The van der Waals surface area contributed by atoms with Crippen LogP contribution in [0.3, 0.4) is 0 Å². The summed E-state index contributed by atoms with van der Waals surface area (Å²) in [5.41, 5.74) is 2.05. The van der Waals surface area contributed by atoms with Crippen molar-refractivity contribution in [3.05, 3.63) is 61.2 Å². The van der Waals surface area contributed by atoms with E-state index in [1.165, 1.54) is 0 Å². The van der Waals surface area contributed by atoms with Crippen LogP contribution in [0.4, 0.5) is 0 Å². The molecule has 0 spiro atoms. The average molecular weight is 170 g/mol. The van der Waals surface area contributed by atoms with Gasteiger partial charge in [0.1, 0.15) is 0 Å². The molecule has 0 aliphatic heterocycles. The van der Waals surface area contributed by atoms with Crippen LogP contribution in [-0.2, 0) is 0 Å². The molecule has 1 heterocycles. The van der Waals surface area contributed by atoms with E-state index in [4.69, 9.17) is 0 Å². The Bertz CT molecular complexity index is 387. The molecule has 1 aromatic heterocycles. The molecule has 0 aliphatic carbocycles. The van der Waals surface area contributed by atoms with Gasteiger partial charge in [-0.2, -0.15) is 0 Å². The second-order valence-electron chi connectivity index (χ2n) is 2.78. The number of hydrogen-bond donors (Lipinski definition) is 0. The number of aromatic nitrogens is 2. The third-order valence-corrected chi connectivity index (χ3v) is 1.92. The van der Waals surface area contributed by atoms with Crippen LogP contribution < -0.4 is 0 Å². The zero-order valence-electron chi connectivity index (χ0n) is 7.22. The van der Waals surface area contributed by atoms with Gasteiger partial charge < -0.3 is 4.57 Å². The molecule has 0 aliphatic rings. The lowest BCUT2D eigenvalue weighted by Crippen LogP contribution is -1.93. The van der Waals surface area contributed by atoms with Crippen LogP contribution in [0.1, 0.15) is 5.56 Å². The zero-order chi connectivity index (χ0) is 9.10. The molecule has 2 nitrogen and oxygen atoms in total. The van der Waals surface area contributed by atoms with Crippen molar-refractivity contribution in [2.24, 2.45) is 0 Å². The van der Waals surface area contributed by atoms with Crippen molar-refractivity contribution in [1.82, 2.24) is 9.55 Å². The Kier molecular flexibility index (Phi) is 1.96. The Labute approximate surface area is 77.2 Å². The Hall–Kier alpha value is -1.83. The molecular weight excluding hydrogens is 160 g/mol. The van der Waals surface area contributed by atoms with Crippen molar-refractivity contribution in [3.8, 4) is 0 Å². The first-order valence-corrected chi connectivity index (χ1v) is 4.10. The fraction of sp³-hybridized carbons (Fsp3) is 0. The normalized spacial score (nSPS) is 9.85. The first-order chi connectivity index (χ1) is 6.38. The van der Waals surface area contributed by atoms with Crippen LogP contribution in [0.5, 0.6) is 0 Å². The molecule has 0 amide bonds. The Morgan fingerprint density at radius 3 is 2.62 bits per heavy atom. The first-order valence-electron chi connectivity index (χ1n) is 4.10. The maximum atomic E-state index is 3.99. The van der Waals surface area contributed by atoms with Crippen LogP contribution in [0.15, 0.2) is 55.6 Å². The molecule has 0 fully saturated rings. The van der Waals surface area contributed by atoms with Gasteiger partial charge in [0.2, 0.25) is 0 Å². The van der Waals surface area contributed by atoms with Gasteiger partial charge in [0, 0.05) is 18.1 Å². The van der Waals surface area contributed by atoms with E-state index in [1.54, 1.807) is 12.5 Å². The van der Waals surface area contributed by atoms with Gasteiger partial charge in [-0.15, -0.1) is 0 Å². The molecule has 0 N–H and O–H groups in total. The van der Waals surface area contributed by atoms with Crippen LogP contribution in [0.25, 0.3) is 5.70 Å². The highest BCUT2D eigenvalue weighted by atomic mass is 15.0. The SMILES string of the molecule is C=C(c1ccccc1)n1ccnc1. The summed E-state index contributed by atoms with van der Waals surface area (Å²) in [7, 11) is 0. The third kappa shape index (κ3) is 1.51. The number of nitrogens with zero attached hydrogens (tertiary/aromatic N) is 2. The fourth-order valence-electron chi connectivity index (χ4n) is 1.20. The summed E-state index contributed by atoms with van der Waals surface area (Å²) in [5, 5.41) is 0. The van der Waals surface area contributed by atoms with E-state index in [0.29, 0.717) is 0 Å². The van der Waals surface area contributed by atoms with E-state index < -0.39 is 0 Å². The molecule has 0 bridgehead atoms. The van der Waals surface area contributed by atoms with Crippen molar-refractivity contribution in [1.29, 1.82) is 0 Å². The molecule has 0 radical (unpaired) electrons. The van der Waals surface area contributed by atoms with Gasteiger partial charge >= 0.3 is 0 Å². The molecule has 1 aromatic carbocycles. The minimum Gasteiger partial charge on any atom is -0.306 e. The van der Waals surface area contributed by atoms with E-state index in [0.717, 1.165) is 11.3 Å². The Balaban J connectivity index is 2.34. The maximum Gasteiger partial charge on any atom is 0.0991 e.